The van der Waals surface area contributed by atoms with Crippen LogP contribution < -0.4 is 0 Å². The summed E-state index contributed by atoms with van der Waals surface area (Å²) in [7, 11) is 0. The second kappa shape index (κ2) is 8.79. The van der Waals surface area contributed by atoms with Crippen molar-refractivity contribution in [3.8, 4) is 0 Å². The molecule has 0 aliphatic heterocycles. The predicted molar refractivity (Wildman–Crippen MR) is 116 cm³/mol. The number of hydrogen-bond donors (Lipinski definition) is 0. The minimum absolute atomic E-state index is 0.200. The van der Waals surface area contributed by atoms with Gasteiger partial charge >= 0.3 is 0 Å². The van der Waals surface area contributed by atoms with Crippen LogP contribution in [0.25, 0.3) is 12.2 Å². The maximum Gasteiger partial charge on any atom is 0.185 e. The first-order valence-electron chi connectivity index (χ1n) is 8.83. The fourth-order valence-electron chi connectivity index (χ4n) is 3.27. The van der Waals surface area contributed by atoms with Crippen LogP contribution in [-0.2, 0) is 4.79 Å². The van der Waals surface area contributed by atoms with Crippen molar-refractivity contribution in [1.82, 2.24) is 0 Å². The Kier molecular flexibility index (Phi) is 6.44. The molecule has 3 rings (SSSR count). The molecule has 0 saturated heterocycles. The van der Waals surface area contributed by atoms with Gasteiger partial charge in [-0.05, 0) is 78.8 Å². The number of Topliss-reactive ketones (excluding diaryl/α,β-unsaturated/α-hetero) is 1. The molecule has 3 heteroatoms. The van der Waals surface area contributed by atoms with Gasteiger partial charge in [0.1, 0.15) is 0 Å². The normalized spacial score (nSPS) is 20.7. The topological polar surface area (TPSA) is 17.1 Å². The van der Waals surface area contributed by atoms with Crippen molar-refractivity contribution in [2.45, 2.75) is 29.6 Å². The lowest BCUT2D eigenvalue weighted by atomic mass is 9.81. The van der Waals surface area contributed by atoms with E-state index in [1.165, 1.54) is 9.79 Å². The van der Waals surface area contributed by atoms with Gasteiger partial charge in [-0.15, -0.1) is 23.5 Å². The summed E-state index contributed by atoms with van der Waals surface area (Å²) in [5.41, 5.74) is 4.05. The molecule has 26 heavy (non-hydrogen) atoms. The number of allylic oxidation sites excluding steroid dienone is 2. The van der Waals surface area contributed by atoms with E-state index in [4.69, 9.17) is 0 Å². The quantitative estimate of drug-likeness (QED) is 0.439. The first-order chi connectivity index (χ1) is 12.6. The Labute approximate surface area is 165 Å². The van der Waals surface area contributed by atoms with E-state index in [1.54, 1.807) is 23.5 Å². The third-order valence-corrected chi connectivity index (χ3v) is 6.12. The lowest BCUT2D eigenvalue weighted by Crippen LogP contribution is -2.18. The van der Waals surface area contributed by atoms with Gasteiger partial charge in [-0.1, -0.05) is 31.2 Å². The maximum absolute atomic E-state index is 13.0. The number of thioether (sulfide) groups is 2. The van der Waals surface area contributed by atoms with E-state index in [9.17, 15) is 4.79 Å². The fraction of sp³-hybridized carbons (Fsp3) is 0.261. The molecule has 1 saturated carbocycles. The smallest absolute Gasteiger partial charge is 0.185 e. The van der Waals surface area contributed by atoms with Crippen molar-refractivity contribution in [1.29, 1.82) is 0 Å². The van der Waals surface area contributed by atoms with Crippen LogP contribution in [0, 0.1) is 5.92 Å². The minimum atomic E-state index is 0.200. The molecule has 0 radical (unpaired) electrons. The first-order valence-corrected chi connectivity index (χ1v) is 11.3. The van der Waals surface area contributed by atoms with Crippen LogP contribution in [0.4, 0.5) is 0 Å². The summed E-state index contributed by atoms with van der Waals surface area (Å²) in [6, 6.07) is 16.8. The SMILES string of the molecule is CSc1ccc(/C=C2\CC(C)C/C(=C\c3ccc(SC)cc3)C2=O)cc1. The minimum Gasteiger partial charge on any atom is -0.289 e. The first kappa shape index (κ1) is 19.1. The average molecular weight is 381 g/mol. The third-order valence-electron chi connectivity index (χ3n) is 4.63. The van der Waals surface area contributed by atoms with Crippen LogP contribution in [0.2, 0.25) is 0 Å². The van der Waals surface area contributed by atoms with Crippen molar-refractivity contribution in [3.05, 3.63) is 70.8 Å². The summed E-state index contributed by atoms with van der Waals surface area (Å²) >= 11 is 3.46. The van der Waals surface area contributed by atoms with E-state index >= 15 is 0 Å². The number of benzene rings is 2. The largest absolute Gasteiger partial charge is 0.289 e. The molecule has 0 bridgehead atoms. The van der Waals surface area contributed by atoms with Crippen LogP contribution in [-0.4, -0.2) is 18.3 Å². The zero-order chi connectivity index (χ0) is 18.5. The highest BCUT2D eigenvalue weighted by Crippen LogP contribution is 2.32. The highest BCUT2D eigenvalue weighted by Gasteiger charge is 2.25. The lowest BCUT2D eigenvalue weighted by molar-refractivity contribution is -0.113. The molecular formula is C23H24OS2. The predicted octanol–water partition coefficient (Wildman–Crippen LogP) is 6.60. The zero-order valence-electron chi connectivity index (χ0n) is 15.5. The molecule has 0 N–H and O–H groups in total. The zero-order valence-corrected chi connectivity index (χ0v) is 17.1. The molecule has 0 spiro atoms. The molecule has 1 fully saturated rings. The van der Waals surface area contributed by atoms with Gasteiger partial charge in [0.2, 0.25) is 0 Å². The summed E-state index contributed by atoms with van der Waals surface area (Å²) in [4.78, 5) is 15.5. The average Bonchev–Trinajstić information content (AvgIpc) is 2.66. The Bertz CT molecular complexity index is 760. The van der Waals surface area contributed by atoms with Crippen LogP contribution in [0.3, 0.4) is 0 Å². The van der Waals surface area contributed by atoms with Crippen LogP contribution in [0.1, 0.15) is 30.9 Å². The molecule has 1 nitrogen and oxygen atoms in total. The second-order valence-corrected chi connectivity index (χ2v) is 8.49. The van der Waals surface area contributed by atoms with Gasteiger partial charge in [0.05, 0.1) is 0 Å². The van der Waals surface area contributed by atoms with Gasteiger partial charge in [0, 0.05) is 20.9 Å². The number of rotatable bonds is 4. The highest BCUT2D eigenvalue weighted by atomic mass is 32.2. The number of carbonyl (C=O) groups is 1. The van der Waals surface area contributed by atoms with Crippen molar-refractivity contribution in [2.75, 3.05) is 12.5 Å². The third kappa shape index (κ3) is 4.72. The molecule has 134 valence electrons. The van der Waals surface area contributed by atoms with Gasteiger partial charge in [-0.2, -0.15) is 0 Å². The van der Waals surface area contributed by atoms with Gasteiger partial charge in [-0.25, -0.2) is 0 Å². The van der Waals surface area contributed by atoms with Crippen molar-refractivity contribution in [2.24, 2.45) is 5.92 Å². The molecule has 2 aromatic rings. The number of hydrogen-bond acceptors (Lipinski definition) is 3. The summed E-state index contributed by atoms with van der Waals surface area (Å²) < 4.78 is 0. The van der Waals surface area contributed by atoms with Crippen molar-refractivity contribution >= 4 is 41.5 Å². The Morgan fingerprint density at radius 3 is 1.50 bits per heavy atom. The molecule has 0 heterocycles. The molecule has 2 aromatic carbocycles. The second-order valence-electron chi connectivity index (χ2n) is 6.73. The molecule has 0 atom stereocenters. The van der Waals surface area contributed by atoms with E-state index in [-0.39, 0.29) is 5.78 Å². The van der Waals surface area contributed by atoms with Crippen LogP contribution >= 0.6 is 23.5 Å². The Hall–Kier alpha value is -1.71. The number of carbonyl (C=O) groups excluding carboxylic acids is 1. The Morgan fingerprint density at radius 1 is 0.769 bits per heavy atom. The van der Waals surface area contributed by atoms with Crippen LogP contribution in [0.15, 0.2) is 69.5 Å². The van der Waals surface area contributed by atoms with E-state index in [2.05, 4.69) is 80.1 Å². The monoisotopic (exact) mass is 380 g/mol. The van der Waals surface area contributed by atoms with E-state index in [0.717, 1.165) is 35.1 Å². The molecule has 1 aliphatic rings. The van der Waals surface area contributed by atoms with Crippen molar-refractivity contribution < 1.29 is 4.79 Å². The standard InChI is InChI=1S/C23H24OS2/c1-16-12-19(14-17-4-8-21(25-2)9-5-17)23(24)20(13-16)15-18-6-10-22(26-3)11-7-18/h4-11,14-16H,12-13H2,1-3H3/b19-14+,20-15+. The summed E-state index contributed by atoms with van der Waals surface area (Å²) in [6.45, 7) is 2.22. The Balaban J connectivity index is 1.86. The maximum atomic E-state index is 13.0. The molecule has 0 amide bonds. The molecule has 0 aromatic heterocycles. The van der Waals surface area contributed by atoms with Crippen molar-refractivity contribution in [3.63, 3.8) is 0 Å². The van der Waals surface area contributed by atoms with Gasteiger partial charge in [-0.3, -0.25) is 4.79 Å². The molecule has 0 unspecified atom stereocenters. The Morgan fingerprint density at radius 2 is 1.15 bits per heavy atom. The number of ketones is 1. The lowest BCUT2D eigenvalue weighted by Gasteiger charge is -2.22. The van der Waals surface area contributed by atoms with E-state index < -0.39 is 0 Å². The summed E-state index contributed by atoms with van der Waals surface area (Å²) in [6.07, 6.45) is 9.97. The molecule has 1 aliphatic carbocycles. The molecular weight excluding hydrogens is 356 g/mol. The summed E-state index contributed by atoms with van der Waals surface area (Å²) in [5, 5.41) is 0. The van der Waals surface area contributed by atoms with Gasteiger partial charge in [0.15, 0.2) is 5.78 Å². The van der Waals surface area contributed by atoms with E-state index in [0.29, 0.717) is 5.92 Å². The fourth-order valence-corrected chi connectivity index (χ4v) is 4.08. The van der Waals surface area contributed by atoms with Crippen LogP contribution in [0.5, 0.6) is 0 Å². The summed E-state index contributed by atoms with van der Waals surface area (Å²) in [5.74, 6) is 0.687. The van der Waals surface area contributed by atoms with Gasteiger partial charge < -0.3 is 0 Å². The highest BCUT2D eigenvalue weighted by molar-refractivity contribution is 7.98. The van der Waals surface area contributed by atoms with Gasteiger partial charge in [0.25, 0.3) is 0 Å². The van der Waals surface area contributed by atoms with E-state index in [1.807, 2.05) is 0 Å².